The highest BCUT2D eigenvalue weighted by Crippen LogP contribution is 2.24. The second-order valence-electron chi connectivity index (χ2n) is 4.80. The highest BCUT2D eigenvalue weighted by Gasteiger charge is 2.46. The number of hydrogen-bond acceptors (Lipinski definition) is 7. The molecule has 1 fully saturated rings. The molecule has 122 valence electrons. The number of aliphatic hydroxyl groups excluding tert-OH is 3. The van der Waals surface area contributed by atoms with E-state index in [0.29, 0.717) is 5.69 Å². The van der Waals surface area contributed by atoms with Crippen LogP contribution in [0.1, 0.15) is 0 Å². The SMILES string of the molecule is CO[C@H]1O[C@H](CO)[C@@H](OC(=O)Nc2ccccc2)[C@H](O)[C@H]1O. The van der Waals surface area contributed by atoms with Gasteiger partial charge < -0.3 is 29.5 Å². The Bertz CT molecular complexity index is 481. The van der Waals surface area contributed by atoms with Crippen LogP contribution in [0, 0.1) is 0 Å². The average Bonchev–Trinajstić information content (AvgIpc) is 2.53. The summed E-state index contributed by atoms with van der Waals surface area (Å²) in [6.07, 6.45) is -7.02. The maximum Gasteiger partial charge on any atom is 0.412 e. The van der Waals surface area contributed by atoms with E-state index in [4.69, 9.17) is 14.2 Å². The first kappa shape index (κ1) is 16.7. The number of ether oxygens (including phenoxy) is 3. The van der Waals surface area contributed by atoms with E-state index in [-0.39, 0.29) is 0 Å². The predicted molar refractivity (Wildman–Crippen MR) is 75.1 cm³/mol. The van der Waals surface area contributed by atoms with Crippen LogP contribution in [0.15, 0.2) is 30.3 Å². The quantitative estimate of drug-likeness (QED) is 0.602. The maximum absolute atomic E-state index is 11.9. The lowest BCUT2D eigenvalue weighted by Gasteiger charge is -2.40. The van der Waals surface area contributed by atoms with Gasteiger partial charge in [0.05, 0.1) is 6.61 Å². The third-order valence-electron chi connectivity index (χ3n) is 3.32. The molecule has 0 aliphatic carbocycles. The minimum Gasteiger partial charge on any atom is -0.440 e. The molecule has 1 aliphatic rings. The first-order valence-electron chi connectivity index (χ1n) is 6.74. The highest BCUT2D eigenvalue weighted by atomic mass is 16.7. The van der Waals surface area contributed by atoms with Crippen molar-refractivity contribution in [3.63, 3.8) is 0 Å². The second kappa shape index (κ2) is 7.52. The first-order chi connectivity index (χ1) is 10.6. The van der Waals surface area contributed by atoms with Gasteiger partial charge in [0.2, 0.25) is 0 Å². The van der Waals surface area contributed by atoms with Crippen LogP contribution in [-0.4, -0.2) is 65.8 Å². The van der Waals surface area contributed by atoms with Crippen LogP contribution in [0.5, 0.6) is 0 Å². The monoisotopic (exact) mass is 313 g/mol. The number of nitrogens with one attached hydrogen (secondary N) is 1. The molecule has 2 rings (SSSR count). The van der Waals surface area contributed by atoms with Gasteiger partial charge in [-0.2, -0.15) is 0 Å². The lowest BCUT2D eigenvalue weighted by atomic mass is 9.99. The van der Waals surface area contributed by atoms with Crippen LogP contribution in [0.4, 0.5) is 10.5 Å². The van der Waals surface area contributed by atoms with Crippen molar-refractivity contribution < 1.29 is 34.3 Å². The third kappa shape index (κ3) is 3.73. The lowest BCUT2D eigenvalue weighted by Crippen LogP contribution is -2.60. The molecule has 1 aliphatic heterocycles. The summed E-state index contributed by atoms with van der Waals surface area (Å²) in [6.45, 7) is -0.507. The topological polar surface area (TPSA) is 117 Å². The summed E-state index contributed by atoms with van der Waals surface area (Å²) >= 11 is 0. The Balaban J connectivity index is 2.01. The minimum absolute atomic E-state index is 0.507. The van der Waals surface area contributed by atoms with E-state index >= 15 is 0 Å². The number of carbonyl (C=O) groups is 1. The summed E-state index contributed by atoms with van der Waals surface area (Å²) in [5.41, 5.74) is 0.509. The molecule has 0 unspecified atom stereocenters. The molecule has 8 heteroatoms. The van der Waals surface area contributed by atoms with E-state index < -0.39 is 43.4 Å². The second-order valence-corrected chi connectivity index (χ2v) is 4.80. The summed E-state index contributed by atoms with van der Waals surface area (Å²) in [4.78, 5) is 11.9. The predicted octanol–water partition coefficient (Wildman–Crippen LogP) is -0.311. The summed E-state index contributed by atoms with van der Waals surface area (Å²) in [5.74, 6) is 0. The van der Waals surface area contributed by atoms with Crippen LogP contribution in [0.25, 0.3) is 0 Å². The van der Waals surface area contributed by atoms with Gasteiger partial charge in [-0.1, -0.05) is 18.2 Å². The van der Waals surface area contributed by atoms with Crippen molar-refractivity contribution >= 4 is 11.8 Å². The number of benzene rings is 1. The molecule has 1 aromatic carbocycles. The summed E-state index contributed by atoms with van der Waals surface area (Å²) < 4.78 is 15.2. The maximum atomic E-state index is 11.9. The van der Waals surface area contributed by atoms with Crippen LogP contribution < -0.4 is 5.32 Å². The molecule has 8 nitrogen and oxygen atoms in total. The average molecular weight is 313 g/mol. The number of aliphatic hydroxyl groups is 3. The van der Waals surface area contributed by atoms with E-state index in [1.807, 2.05) is 0 Å². The first-order valence-corrected chi connectivity index (χ1v) is 6.74. The zero-order chi connectivity index (χ0) is 16.1. The minimum atomic E-state index is -1.45. The van der Waals surface area contributed by atoms with Crippen LogP contribution >= 0.6 is 0 Å². The molecule has 22 heavy (non-hydrogen) atoms. The van der Waals surface area contributed by atoms with Gasteiger partial charge in [0, 0.05) is 12.8 Å². The molecule has 0 radical (unpaired) electrons. The van der Waals surface area contributed by atoms with E-state index in [0.717, 1.165) is 0 Å². The fraction of sp³-hybridized carbons (Fsp3) is 0.500. The Morgan fingerprint density at radius 3 is 2.55 bits per heavy atom. The Kier molecular flexibility index (Phi) is 5.69. The smallest absolute Gasteiger partial charge is 0.412 e. The Labute approximate surface area is 127 Å². The molecule has 0 saturated carbocycles. The molecule has 0 spiro atoms. The number of para-hydroxylation sites is 1. The molecule has 5 atom stereocenters. The van der Waals surface area contributed by atoms with E-state index in [1.54, 1.807) is 30.3 Å². The van der Waals surface area contributed by atoms with Crippen LogP contribution in [0.2, 0.25) is 0 Å². The molecular formula is C14H19NO7. The van der Waals surface area contributed by atoms with Gasteiger partial charge in [-0.3, -0.25) is 5.32 Å². The standard InChI is InChI=1S/C14H19NO7/c1-20-13-11(18)10(17)12(9(7-16)21-13)22-14(19)15-8-5-3-2-4-6-8/h2-6,9-13,16-18H,7H2,1H3,(H,15,19)/t9-,10-,11-,12-,13+/m1/s1. The van der Waals surface area contributed by atoms with Gasteiger partial charge in [0.1, 0.15) is 18.3 Å². The fourth-order valence-corrected chi connectivity index (χ4v) is 2.19. The molecule has 0 bridgehead atoms. The molecule has 1 saturated heterocycles. The third-order valence-corrected chi connectivity index (χ3v) is 3.32. The number of carbonyl (C=O) groups excluding carboxylic acids is 1. The number of rotatable bonds is 4. The fourth-order valence-electron chi connectivity index (χ4n) is 2.19. The summed E-state index contributed by atoms with van der Waals surface area (Å²) in [6, 6.07) is 8.58. The number of methoxy groups -OCH3 is 1. The summed E-state index contributed by atoms with van der Waals surface area (Å²) in [5, 5.41) is 31.6. The normalized spacial score (nSPS) is 31.5. The van der Waals surface area contributed by atoms with Crippen molar-refractivity contribution in [3.8, 4) is 0 Å². The van der Waals surface area contributed by atoms with Crippen LogP contribution in [0.3, 0.4) is 0 Å². The van der Waals surface area contributed by atoms with Crippen molar-refractivity contribution in [2.45, 2.75) is 30.7 Å². The molecule has 1 heterocycles. The zero-order valence-electron chi connectivity index (χ0n) is 12.0. The van der Waals surface area contributed by atoms with Gasteiger partial charge >= 0.3 is 6.09 Å². The summed E-state index contributed by atoms with van der Waals surface area (Å²) in [7, 11) is 1.29. The van der Waals surface area contributed by atoms with Crippen molar-refractivity contribution in [1.82, 2.24) is 0 Å². The Morgan fingerprint density at radius 1 is 1.27 bits per heavy atom. The highest BCUT2D eigenvalue weighted by molar-refractivity contribution is 5.84. The van der Waals surface area contributed by atoms with E-state index in [2.05, 4.69) is 5.32 Å². The van der Waals surface area contributed by atoms with E-state index in [9.17, 15) is 20.1 Å². The van der Waals surface area contributed by atoms with E-state index in [1.165, 1.54) is 7.11 Å². The number of amides is 1. The van der Waals surface area contributed by atoms with Gasteiger partial charge in [-0.05, 0) is 12.1 Å². The molecule has 1 aromatic rings. The number of anilines is 1. The molecule has 4 N–H and O–H groups in total. The van der Waals surface area contributed by atoms with Gasteiger partial charge in [0.15, 0.2) is 12.4 Å². The molecular weight excluding hydrogens is 294 g/mol. The molecule has 0 aromatic heterocycles. The number of hydrogen-bond donors (Lipinski definition) is 4. The van der Waals surface area contributed by atoms with Crippen molar-refractivity contribution in [2.75, 3.05) is 19.0 Å². The van der Waals surface area contributed by atoms with Crippen LogP contribution in [-0.2, 0) is 14.2 Å². The Morgan fingerprint density at radius 2 is 1.95 bits per heavy atom. The lowest BCUT2D eigenvalue weighted by molar-refractivity contribution is -0.293. The zero-order valence-corrected chi connectivity index (χ0v) is 12.0. The van der Waals surface area contributed by atoms with Crippen molar-refractivity contribution in [3.05, 3.63) is 30.3 Å². The van der Waals surface area contributed by atoms with Crippen molar-refractivity contribution in [1.29, 1.82) is 0 Å². The van der Waals surface area contributed by atoms with Gasteiger partial charge in [-0.15, -0.1) is 0 Å². The van der Waals surface area contributed by atoms with Gasteiger partial charge in [-0.25, -0.2) is 4.79 Å². The Hall–Kier alpha value is -1.71. The largest absolute Gasteiger partial charge is 0.440 e. The van der Waals surface area contributed by atoms with Crippen molar-refractivity contribution in [2.24, 2.45) is 0 Å². The van der Waals surface area contributed by atoms with Gasteiger partial charge in [0.25, 0.3) is 0 Å². The molecule has 1 amide bonds.